The molecular weight excluding hydrogens is 238 g/mol. The van der Waals surface area contributed by atoms with Gasteiger partial charge < -0.3 is 10.0 Å². The first-order chi connectivity index (χ1) is 9.38. The summed E-state index contributed by atoms with van der Waals surface area (Å²) < 4.78 is 0. The molecule has 1 aromatic heterocycles. The molecule has 0 amide bonds. The van der Waals surface area contributed by atoms with E-state index in [1.54, 1.807) is 0 Å². The van der Waals surface area contributed by atoms with Crippen LogP contribution in [0.25, 0.3) is 0 Å². The molecule has 0 aromatic carbocycles. The summed E-state index contributed by atoms with van der Waals surface area (Å²) in [5.74, 6) is 1.53. The Labute approximate surface area is 114 Å². The second-order valence-electron chi connectivity index (χ2n) is 5.80. The summed E-state index contributed by atoms with van der Waals surface area (Å²) in [7, 11) is 0. The maximum absolute atomic E-state index is 9.11. The van der Waals surface area contributed by atoms with E-state index in [0.717, 1.165) is 25.3 Å². The van der Waals surface area contributed by atoms with Crippen LogP contribution in [0.15, 0.2) is 12.4 Å². The van der Waals surface area contributed by atoms with E-state index in [1.807, 2.05) is 12.4 Å². The van der Waals surface area contributed by atoms with Gasteiger partial charge in [-0.2, -0.15) is 0 Å². The van der Waals surface area contributed by atoms with E-state index in [9.17, 15) is 0 Å². The Morgan fingerprint density at radius 1 is 1.11 bits per heavy atom. The Bertz CT molecular complexity index is 400. The highest BCUT2D eigenvalue weighted by atomic mass is 16.3. The Balaban J connectivity index is 1.71. The van der Waals surface area contributed by atoms with Crippen molar-refractivity contribution in [2.45, 2.75) is 56.9 Å². The lowest BCUT2D eigenvalue weighted by atomic mass is 10.0. The van der Waals surface area contributed by atoms with Crippen LogP contribution in [0.1, 0.15) is 56.4 Å². The van der Waals surface area contributed by atoms with Crippen molar-refractivity contribution in [2.24, 2.45) is 0 Å². The Morgan fingerprint density at radius 2 is 1.84 bits per heavy atom. The maximum atomic E-state index is 9.11. The lowest BCUT2D eigenvalue weighted by Gasteiger charge is -2.24. The van der Waals surface area contributed by atoms with E-state index in [2.05, 4.69) is 14.9 Å². The fourth-order valence-electron chi connectivity index (χ4n) is 3.50. The molecule has 4 heteroatoms. The predicted molar refractivity (Wildman–Crippen MR) is 75.3 cm³/mol. The van der Waals surface area contributed by atoms with Gasteiger partial charge in [-0.1, -0.05) is 12.8 Å². The van der Waals surface area contributed by atoms with Gasteiger partial charge in [0.15, 0.2) is 0 Å². The second kappa shape index (κ2) is 5.87. The quantitative estimate of drug-likeness (QED) is 0.904. The summed E-state index contributed by atoms with van der Waals surface area (Å²) >= 11 is 0. The molecule has 0 radical (unpaired) electrons. The van der Waals surface area contributed by atoms with Crippen LogP contribution in [-0.4, -0.2) is 34.3 Å². The molecule has 2 fully saturated rings. The minimum absolute atomic E-state index is 0.251. The third kappa shape index (κ3) is 2.73. The van der Waals surface area contributed by atoms with Gasteiger partial charge >= 0.3 is 0 Å². The first-order valence-electron chi connectivity index (χ1n) is 7.58. The van der Waals surface area contributed by atoms with E-state index in [0.29, 0.717) is 12.0 Å². The zero-order valence-electron chi connectivity index (χ0n) is 11.5. The van der Waals surface area contributed by atoms with Gasteiger partial charge in [0.2, 0.25) is 5.95 Å². The molecule has 104 valence electrons. The lowest BCUT2D eigenvalue weighted by molar-refractivity contribution is 0.275. The van der Waals surface area contributed by atoms with Gasteiger partial charge in [0.05, 0.1) is 0 Å². The lowest BCUT2D eigenvalue weighted by Crippen LogP contribution is -2.31. The number of rotatable bonds is 4. The van der Waals surface area contributed by atoms with Gasteiger partial charge in [-0.25, -0.2) is 9.97 Å². The van der Waals surface area contributed by atoms with Crippen molar-refractivity contribution in [1.82, 2.24) is 9.97 Å². The van der Waals surface area contributed by atoms with Crippen LogP contribution in [0.5, 0.6) is 0 Å². The fraction of sp³-hybridized carbons (Fsp3) is 0.733. The van der Waals surface area contributed by atoms with Crippen LogP contribution in [0.4, 0.5) is 5.95 Å². The first-order valence-corrected chi connectivity index (χ1v) is 7.58. The number of aliphatic hydroxyl groups excluding tert-OH is 1. The summed E-state index contributed by atoms with van der Waals surface area (Å²) in [6, 6.07) is 0.419. The average Bonchev–Trinajstić information content (AvgIpc) is 3.10. The van der Waals surface area contributed by atoms with E-state index >= 15 is 0 Å². The number of aliphatic hydroxyl groups is 1. The van der Waals surface area contributed by atoms with E-state index < -0.39 is 0 Å². The summed E-state index contributed by atoms with van der Waals surface area (Å²) in [6.45, 7) is 1.27. The standard InChI is InChI=1S/C15H23N3O/c19-9-7-14-6-3-8-18(14)15-16-10-13(11-17-15)12-4-1-2-5-12/h10-12,14,19H,1-9H2. The molecule has 3 rings (SSSR count). The molecule has 1 aromatic rings. The average molecular weight is 261 g/mol. The largest absolute Gasteiger partial charge is 0.396 e. The van der Waals surface area contributed by atoms with Crippen LogP contribution in [0.3, 0.4) is 0 Å². The van der Waals surface area contributed by atoms with Gasteiger partial charge in [0, 0.05) is 31.6 Å². The molecule has 4 nitrogen and oxygen atoms in total. The Kier molecular flexibility index (Phi) is 3.97. The molecule has 0 bridgehead atoms. The van der Waals surface area contributed by atoms with Gasteiger partial charge in [-0.15, -0.1) is 0 Å². The Morgan fingerprint density at radius 3 is 2.53 bits per heavy atom. The van der Waals surface area contributed by atoms with Crippen LogP contribution < -0.4 is 4.90 Å². The number of aromatic nitrogens is 2. The van der Waals surface area contributed by atoms with Gasteiger partial charge in [0.1, 0.15) is 0 Å². The highest BCUT2D eigenvalue weighted by Crippen LogP contribution is 2.34. The third-order valence-corrected chi connectivity index (χ3v) is 4.58. The second-order valence-corrected chi connectivity index (χ2v) is 5.80. The van der Waals surface area contributed by atoms with Gasteiger partial charge in [0.25, 0.3) is 0 Å². The van der Waals surface area contributed by atoms with Crippen molar-refractivity contribution in [3.05, 3.63) is 18.0 Å². The minimum atomic E-state index is 0.251. The van der Waals surface area contributed by atoms with E-state index in [4.69, 9.17) is 5.11 Å². The summed E-state index contributed by atoms with van der Waals surface area (Å²) in [4.78, 5) is 11.4. The molecule has 1 unspecified atom stereocenters. The van der Waals surface area contributed by atoms with Crippen molar-refractivity contribution in [2.75, 3.05) is 18.1 Å². The normalized spacial score (nSPS) is 24.3. The van der Waals surface area contributed by atoms with Crippen LogP contribution in [-0.2, 0) is 0 Å². The molecule has 1 atom stereocenters. The van der Waals surface area contributed by atoms with E-state index in [1.165, 1.54) is 37.7 Å². The summed E-state index contributed by atoms with van der Waals surface area (Å²) in [5, 5.41) is 9.11. The van der Waals surface area contributed by atoms with Crippen LogP contribution in [0, 0.1) is 0 Å². The Hall–Kier alpha value is -1.16. The topological polar surface area (TPSA) is 49.2 Å². The smallest absolute Gasteiger partial charge is 0.225 e. The van der Waals surface area contributed by atoms with Crippen molar-refractivity contribution < 1.29 is 5.11 Å². The van der Waals surface area contributed by atoms with Crippen molar-refractivity contribution in [3.8, 4) is 0 Å². The summed E-state index contributed by atoms with van der Waals surface area (Å²) in [5.41, 5.74) is 1.30. The van der Waals surface area contributed by atoms with Crippen LogP contribution in [0.2, 0.25) is 0 Å². The number of nitrogens with zero attached hydrogens (tertiary/aromatic N) is 3. The number of anilines is 1. The zero-order valence-corrected chi connectivity index (χ0v) is 11.5. The molecule has 1 aliphatic carbocycles. The third-order valence-electron chi connectivity index (χ3n) is 4.58. The van der Waals surface area contributed by atoms with E-state index in [-0.39, 0.29) is 6.61 Å². The molecule has 1 N–H and O–H groups in total. The van der Waals surface area contributed by atoms with Crippen molar-refractivity contribution in [1.29, 1.82) is 0 Å². The highest BCUT2D eigenvalue weighted by Gasteiger charge is 2.26. The fourth-order valence-corrected chi connectivity index (χ4v) is 3.50. The molecule has 2 aliphatic rings. The molecular formula is C15H23N3O. The molecule has 1 aliphatic heterocycles. The number of hydrogen-bond donors (Lipinski definition) is 1. The van der Waals surface area contributed by atoms with Gasteiger partial charge in [-0.3, -0.25) is 0 Å². The molecule has 0 spiro atoms. The molecule has 1 saturated carbocycles. The molecule has 19 heavy (non-hydrogen) atoms. The predicted octanol–water partition coefficient (Wildman–Crippen LogP) is 2.49. The monoisotopic (exact) mass is 261 g/mol. The first kappa shape index (κ1) is 12.9. The highest BCUT2D eigenvalue weighted by molar-refractivity contribution is 5.34. The molecule has 1 saturated heterocycles. The van der Waals surface area contributed by atoms with Crippen molar-refractivity contribution in [3.63, 3.8) is 0 Å². The van der Waals surface area contributed by atoms with Gasteiger partial charge in [-0.05, 0) is 43.6 Å². The zero-order chi connectivity index (χ0) is 13.1. The molecule has 2 heterocycles. The number of hydrogen-bond acceptors (Lipinski definition) is 4. The minimum Gasteiger partial charge on any atom is -0.396 e. The van der Waals surface area contributed by atoms with Crippen LogP contribution >= 0.6 is 0 Å². The van der Waals surface area contributed by atoms with Crippen molar-refractivity contribution >= 4 is 5.95 Å². The summed E-state index contributed by atoms with van der Waals surface area (Å²) in [6.07, 6.45) is 12.5. The SMILES string of the molecule is OCCC1CCCN1c1ncc(C2CCCC2)cn1. The maximum Gasteiger partial charge on any atom is 0.225 e.